The number of allylic oxidation sites excluding steroid dienone is 1. The van der Waals surface area contributed by atoms with Crippen LogP contribution < -0.4 is 38.4 Å². The van der Waals surface area contributed by atoms with Crippen LogP contribution in [0.4, 0.5) is 34.1 Å². The van der Waals surface area contributed by atoms with E-state index in [-0.39, 0.29) is 56.7 Å². The number of fused-ring (bicyclic) bond motifs is 12. The molecule has 20 nitrogen and oxygen atoms in total. The van der Waals surface area contributed by atoms with E-state index in [0.717, 1.165) is 103 Å². The first-order valence-corrected chi connectivity index (χ1v) is 46.6. The van der Waals surface area contributed by atoms with Crippen LogP contribution in [0.15, 0.2) is 191 Å². The minimum Gasteiger partial charge on any atom is -0.508 e. The Morgan fingerprint density at radius 1 is 0.483 bits per heavy atom. The van der Waals surface area contributed by atoms with Crippen molar-refractivity contribution in [3.8, 4) is 34.5 Å². The molecular formula is C94H110N6O14Si2. The predicted octanol–water partition coefficient (Wildman–Crippen LogP) is 20.6. The van der Waals surface area contributed by atoms with E-state index < -0.39 is 73.9 Å². The summed E-state index contributed by atoms with van der Waals surface area (Å²) in [6, 6.07) is 54.7. The normalized spacial score (nSPS) is 19.5. The highest BCUT2D eigenvalue weighted by Crippen LogP contribution is 2.58. The smallest absolute Gasteiger partial charge is 0.311 e. The second-order valence-corrected chi connectivity index (χ2v) is 42.9. The largest absolute Gasteiger partial charge is 0.508 e. The molecule has 15 rings (SSSR count). The molecule has 0 fully saturated rings. The first kappa shape index (κ1) is 83.3. The van der Waals surface area contributed by atoms with Gasteiger partial charge in [0.2, 0.25) is 17.2 Å². The lowest BCUT2D eigenvalue weighted by atomic mass is 9.77. The Hall–Kier alpha value is -10.7. The fourth-order valence-corrected chi connectivity index (χ4v) is 26.4. The van der Waals surface area contributed by atoms with Crippen LogP contribution >= 0.6 is 0 Å². The Balaban J connectivity index is 0.000000335. The molecule has 9 aromatic rings. The lowest BCUT2D eigenvalue weighted by Gasteiger charge is -2.45. The average molecular weight is 1600 g/mol. The number of benzene rings is 9. The van der Waals surface area contributed by atoms with Crippen LogP contribution in [0.5, 0.6) is 34.5 Å². The van der Waals surface area contributed by atoms with Crippen LogP contribution in [0.25, 0.3) is 32.3 Å². The van der Waals surface area contributed by atoms with Gasteiger partial charge in [0.1, 0.15) is 64.8 Å². The monoisotopic (exact) mass is 1600 g/mol. The number of carbonyl (C=O) groups is 4. The molecule has 6 aliphatic rings. The van der Waals surface area contributed by atoms with E-state index in [1.807, 2.05) is 125 Å². The number of anilines is 3. The van der Waals surface area contributed by atoms with E-state index in [1.165, 1.54) is 5.56 Å². The Kier molecular flexibility index (Phi) is 23.5. The number of likely N-dealkylation sites (N-methyl/N-ethyl adjacent to an activating group) is 3. The third kappa shape index (κ3) is 15.7. The van der Waals surface area contributed by atoms with Gasteiger partial charge in [-0.25, -0.2) is 0 Å². The summed E-state index contributed by atoms with van der Waals surface area (Å²) in [5, 5.41) is 15.1. The van der Waals surface area contributed by atoms with E-state index in [0.29, 0.717) is 47.4 Å². The number of hydrogen-bond donors (Lipinski definition) is 1. The Labute approximate surface area is 683 Å². The molecule has 3 unspecified atom stereocenters. The number of esters is 4. The van der Waals surface area contributed by atoms with Gasteiger partial charge in [0, 0.05) is 61.0 Å². The Morgan fingerprint density at radius 2 is 0.828 bits per heavy atom. The lowest BCUT2D eigenvalue weighted by molar-refractivity contribution is -0.160. The number of unbranched alkanes of at least 4 members (excludes halogenated alkanes) is 1. The average Bonchev–Trinajstić information content (AvgIpc) is 1.55. The van der Waals surface area contributed by atoms with Crippen molar-refractivity contribution in [2.45, 2.75) is 185 Å². The zero-order valence-electron chi connectivity index (χ0n) is 69.9. The maximum atomic E-state index is 13.5. The van der Waals surface area contributed by atoms with Gasteiger partial charge >= 0.3 is 23.9 Å². The summed E-state index contributed by atoms with van der Waals surface area (Å²) in [4.78, 5) is 74.9. The molecule has 0 bridgehead atoms. The number of hydrogen-bond acceptors (Lipinski definition) is 20. The van der Waals surface area contributed by atoms with Crippen LogP contribution in [0.3, 0.4) is 0 Å². The molecule has 0 saturated carbocycles. The number of phenolic OH excluding ortho intramolecular Hbond substituents is 1. The number of para-hydroxylation sites is 3. The first-order valence-electron chi connectivity index (χ1n) is 40.4. The molecule has 3 atom stereocenters. The standard InChI is InChI=1S/C69H84N4O12Si2.C22H20N2O2.C3H6/c1-13-15-38-86(9,10)85-87(11,12)39-20-37-78-44-67(14-2,45-79-59(74)33-35-61(76)81-49-29-25-47-27-31-57-63(51(47)40-49)70-42-68(83-57)65(3,4)53-21-16-18-23-55(53)72(68)7)46-80-60(75)34-36-62(77)82-50-30-26-48-28-32-58-64(52(48)41-50)71-43-69(84-58)66(5,6)54-22-17-19-24-56(54)73(69)8;1-21(2)17-6-4-5-7-18(17)24(3)22(21)13-23-20-16-12-15(25)10-8-14(16)9-11-19(20)26-22;1-3-2/h16-19,21-32,40-43H,13-15,20,33-39,44-46H2,1-12H3;4-13,25H,1-3H3;3H,1H2,2H3. The predicted molar refractivity (Wildman–Crippen MR) is 468 cm³/mol. The lowest BCUT2D eigenvalue weighted by Crippen LogP contribution is -2.61. The first-order chi connectivity index (χ1) is 55.2. The van der Waals surface area contributed by atoms with Gasteiger partial charge in [0.05, 0.1) is 72.6 Å². The summed E-state index contributed by atoms with van der Waals surface area (Å²) in [7, 11) is 2.31. The van der Waals surface area contributed by atoms with E-state index in [4.69, 9.17) is 57.0 Å². The third-order valence-electron chi connectivity index (χ3n) is 24.2. The molecule has 0 aliphatic carbocycles. The maximum absolute atomic E-state index is 13.5. The highest BCUT2D eigenvalue weighted by atomic mass is 28.4. The molecule has 0 radical (unpaired) electrons. The van der Waals surface area contributed by atoms with Crippen LogP contribution in [0, 0.1) is 5.41 Å². The Morgan fingerprint density at radius 3 is 1.20 bits per heavy atom. The fraction of sp³-hybridized carbons (Fsp3) is 0.394. The molecule has 6 heterocycles. The number of carbonyl (C=O) groups excluding carboxylic acids is 4. The van der Waals surface area contributed by atoms with Crippen LogP contribution in [-0.4, -0.2) is 129 Å². The van der Waals surface area contributed by atoms with Crippen molar-refractivity contribution in [1.82, 2.24) is 0 Å². The number of ether oxygens (including phenoxy) is 8. The molecular weight excluding hydrogens is 1490 g/mol. The van der Waals surface area contributed by atoms with Gasteiger partial charge in [-0.2, -0.15) is 0 Å². The van der Waals surface area contributed by atoms with Crippen LogP contribution in [0.1, 0.15) is 130 Å². The van der Waals surface area contributed by atoms with Crippen molar-refractivity contribution in [1.29, 1.82) is 0 Å². The zero-order valence-corrected chi connectivity index (χ0v) is 71.9. The van der Waals surface area contributed by atoms with Crippen molar-refractivity contribution >= 4 is 126 Å². The second-order valence-electron chi connectivity index (χ2n) is 34.1. The summed E-state index contributed by atoms with van der Waals surface area (Å²) >= 11 is 0. The number of rotatable bonds is 24. The van der Waals surface area contributed by atoms with Crippen LogP contribution in [-0.2, 0) is 53.7 Å². The van der Waals surface area contributed by atoms with Gasteiger partial charge in [0.25, 0.3) is 0 Å². The summed E-state index contributed by atoms with van der Waals surface area (Å²) in [6.07, 6.45) is 9.92. The quantitative estimate of drug-likeness (QED) is 0.0195. The molecule has 6 aliphatic heterocycles. The number of nitrogens with zero attached hydrogens (tertiary/aromatic N) is 6. The molecule has 116 heavy (non-hydrogen) atoms. The third-order valence-corrected chi connectivity index (χ3v) is 31.8. The van der Waals surface area contributed by atoms with Crippen molar-refractivity contribution < 1.29 is 66.3 Å². The topological polar surface area (TPSA) is 218 Å². The summed E-state index contributed by atoms with van der Waals surface area (Å²) in [5.74, 6) is 0.301. The van der Waals surface area contributed by atoms with Crippen molar-refractivity contribution in [2.24, 2.45) is 20.4 Å². The highest BCUT2D eigenvalue weighted by Gasteiger charge is 2.61. The number of aromatic hydroxyl groups is 1. The molecule has 0 saturated heterocycles. The van der Waals surface area contributed by atoms with E-state index in [1.54, 1.807) is 42.5 Å². The van der Waals surface area contributed by atoms with Gasteiger partial charge in [0.15, 0.2) is 16.6 Å². The van der Waals surface area contributed by atoms with Gasteiger partial charge in [-0.3, -0.25) is 34.2 Å². The molecule has 1 N–H and O–H groups in total. The van der Waals surface area contributed by atoms with Crippen molar-refractivity contribution in [3.05, 3.63) is 193 Å². The van der Waals surface area contributed by atoms with E-state index >= 15 is 0 Å². The minimum absolute atomic E-state index is 0.126. The van der Waals surface area contributed by atoms with E-state index in [2.05, 4.69) is 152 Å². The van der Waals surface area contributed by atoms with Crippen LogP contribution in [0.2, 0.25) is 38.3 Å². The van der Waals surface area contributed by atoms with Crippen molar-refractivity contribution in [3.63, 3.8) is 0 Å². The van der Waals surface area contributed by atoms with Gasteiger partial charge < -0.3 is 61.8 Å². The summed E-state index contributed by atoms with van der Waals surface area (Å²) in [6.45, 7) is 31.8. The summed E-state index contributed by atoms with van der Waals surface area (Å²) < 4.78 is 56.8. The molecule has 0 aromatic heterocycles. The summed E-state index contributed by atoms with van der Waals surface area (Å²) in [5.41, 5.74) is 4.46. The highest BCUT2D eigenvalue weighted by molar-refractivity contribution is 6.84. The van der Waals surface area contributed by atoms with Crippen molar-refractivity contribution in [2.75, 3.05) is 62.3 Å². The minimum atomic E-state index is -1.98. The molecule has 3 spiro atoms. The number of phenols is 1. The van der Waals surface area contributed by atoms with Gasteiger partial charge in [-0.05, 0) is 205 Å². The number of aliphatic imine (C=N–C) groups is 3. The van der Waals surface area contributed by atoms with Gasteiger partial charge in [-0.15, -0.1) is 6.58 Å². The zero-order chi connectivity index (χ0) is 83.0. The molecule has 0 amide bonds. The maximum Gasteiger partial charge on any atom is 0.311 e. The molecule has 9 aromatic carbocycles. The van der Waals surface area contributed by atoms with E-state index in [9.17, 15) is 24.3 Å². The fourth-order valence-electron chi connectivity index (χ4n) is 17.4. The molecule has 22 heteroatoms. The molecule has 608 valence electrons. The Bertz CT molecular complexity index is 5150. The SMILES string of the molecule is C=CC.CCCC[Si](C)(C)O[Si](C)(C)CCCOCC(CC)(COC(=O)CCC(=O)Oc1ccc2ccc3c(c2c1)N=CC1(O3)N(C)c2ccccc2C1(C)C)COC(=O)CCC(=O)Oc1ccc2ccc3c(c2c1)N=CC1(O3)N(C)c2ccccc2C1(C)C.CN1c2ccccc2C(C)(C)C12C=Nc1c(ccc3ccc(O)cc13)O2. The van der Waals surface area contributed by atoms with Gasteiger partial charge in [-0.1, -0.05) is 124 Å². The second kappa shape index (κ2) is 32.8.